The number of phosphoric ester groups is 2. The van der Waals surface area contributed by atoms with E-state index in [4.69, 9.17) is 15.2 Å². The number of amides is 1. The molecule has 0 saturated carbocycles. The lowest BCUT2D eigenvalue weighted by Gasteiger charge is -2.46. The zero-order valence-corrected chi connectivity index (χ0v) is 24.7. The fraction of sp³-hybridized carbons (Fsp3) is 0.700. The number of carbonyl (C=O) groups excluding carboxylic acids is 1. The largest absolute Gasteiger partial charge is 0.484 e. The summed E-state index contributed by atoms with van der Waals surface area (Å²) in [6, 6.07) is -0.503. The molecule has 2 aliphatic heterocycles. The quantitative estimate of drug-likeness (QED) is 0.0859. The Balaban J connectivity index is 1.75. The molecule has 25 heteroatoms. The number of carboxylic acids is 1. The number of nitrogens with two attached hydrogens (primary N) is 1. The van der Waals surface area contributed by atoms with Crippen molar-refractivity contribution in [3.8, 4) is 0 Å². The summed E-state index contributed by atoms with van der Waals surface area (Å²) in [4.78, 5) is 59.5. The number of carboxylic acid groups (broad SMARTS) is 1. The zero-order chi connectivity index (χ0) is 34.1. The summed E-state index contributed by atoms with van der Waals surface area (Å²) < 4.78 is 49.6. The first-order valence-corrected chi connectivity index (χ1v) is 15.6. The van der Waals surface area contributed by atoms with Gasteiger partial charge in [-0.25, -0.2) is 23.2 Å². The fourth-order valence-corrected chi connectivity index (χ4v) is 6.73. The molecule has 1 aromatic heterocycles. The molecule has 0 spiro atoms. The Morgan fingerprint density at radius 2 is 1.87 bits per heavy atom. The number of anilines is 1. The second-order valence-electron chi connectivity index (χ2n) is 9.87. The van der Waals surface area contributed by atoms with Crippen LogP contribution in [-0.4, -0.2) is 135 Å². The summed E-state index contributed by atoms with van der Waals surface area (Å²) >= 11 is 0. The van der Waals surface area contributed by atoms with E-state index in [1.165, 1.54) is 6.07 Å². The highest BCUT2D eigenvalue weighted by Crippen LogP contribution is 2.63. The first-order valence-electron chi connectivity index (χ1n) is 12.6. The van der Waals surface area contributed by atoms with Gasteiger partial charge in [-0.2, -0.15) is 9.29 Å². The smallest absolute Gasteiger partial charge is 0.477 e. The van der Waals surface area contributed by atoms with E-state index in [0.717, 1.165) is 17.7 Å². The van der Waals surface area contributed by atoms with Crippen LogP contribution < -0.4 is 16.7 Å². The molecule has 12 N–H and O–H groups in total. The third kappa shape index (κ3) is 8.68. The molecule has 0 aromatic carbocycles. The Kier molecular flexibility index (Phi) is 11.6. The molecule has 2 aliphatic rings. The van der Waals surface area contributed by atoms with Gasteiger partial charge in [0.25, 0.3) is 5.79 Å². The summed E-state index contributed by atoms with van der Waals surface area (Å²) in [7, 11) is -11.8. The van der Waals surface area contributed by atoms with Crippen LogP contribution in [0, 0.1) is 0 Å². The van der Waals surface area contributed by atoms with Gasteiger partial charge in [0, 0.05) is 19.5 Å². The SMILES string of the molecule is CC(=O)N[C@H]1[C@H]([C@H](O)[C@H](O)CO)O[C@](OP(=O)(O)OP(=O)(O)OC[C@H]2O[C@@H](n3ccc(N)nc3=O)[C@H](O)[C@@H]2O)(C(=O)O)C[C@@H]1O. The van der Waals surface area contributed by atoms with E-state index in [0.29, 0.717) is 0 Å². The molecule has 0 radical (unpaired) electrons. The summed E-state index contributed by atoms with van der Waals surface area (Å²) in [6.45, 7) is -1.29. The van der Waals surface area contributed by atoms with Gasteiger partial charge in [-0.05, 0) is 6.07 Å². The van der Waals surface area contributed by atoms with Gasteiger partial charge < -0.3 is 66.1 Å². The Morgan fingerprint density at radius 3 is 2.42 bits per heavy atom. The average Bonchev–Trinajstić information content (AvgIpc) is 3.19. The summed E-state index contributed by atoms with van der Waals surface area (Å²) in [5, 5.41) is 72.4. The van der Waals surface area contributed by atoms with Crippen LogP contribution in [0.1, 0.15) is 19.6 Å². The molecule has 3 rings (SSSR count). The van der Waals surface area contributed by atoms with E-state index in [1.807, 2.05) is 0 Å². The number of aromatic nitrogens is 2. The molecule has 45 heavy (non-hydrogen) atoms. The standard InChI is InChI=1S/C20H32N4O19P2/c1-7(26)22-12-8(27)4-20(18(32)33,41-16(12)13(29)9(28)5-25)42-45(37,38)43-44(35,36)39-6-10-14(30)15(31)17(40-10)24-3-2-11(21)23-19(24)34/h2-3,8-10,12-17,25,27-31H,4-6H2,1H3,(H,22,26)(H,32,33)(H,35,36)(H,37,38)(H2,21,23,34)/t8-,9+,10+,12+,13+,14+,15+,16+,17+,20+/m0/s1. The monoisotopic (exact) mass is 694 g/mol. The maximum atomic E-state index is 12.7. The Morgan fingerprint density at radius 1 is 1.22 bits per heavy atom. The van der Waals surface area contributed by atoms with Crippen molar-refractivity contribution in [2.75, 3.05) is 18.9 Å². The van der Waals surface area contributed by atoms with Crippen LogP contribution in [0.25, 0.3) is 0 Å². The summed E-state index contributed by atoms with van der Waals surface area (Å²) in [5.74, 6) is -6.69. The van der Waals surface area contributed by atoms with Crippen LogP contribution in [0.4, 0.5) is 5.82 Å². The first kappa shape index (κ1) is 37.0. The van der Waals surface area contributed by atoms with Crippen LogP contribution >= 0.6 is 15.6 Å². The first-order chi connectivity index (χ1) is 20.7. The second kappa shape index (κ2) is 14.1. The second-order valence-corrected chi connectivity index (χ2v) is 12.8. The number of aliphatic hydroxyl groups is 6. The molecule has 256 valence electrons. The van der Waals surface area contributed by atoms with Crippen molar-refractivity contribution in [1.82, 2.24) is 14.9 Å². The van der Waals surface area contributed by atoms with Gasteiger partial charge in [0.1, 0.15) is 42.4 Å². The Labute approximate surface area is 251 Å². The number of aliphatic carboxylic acids is 1. The summed E-state index contributed by atoms with van der Waals surface area (Å²) in [6.07, 6.45) is -15.6. The third-order valence-electron chi connectivity index (χ3n) is 6.52. The van der Waals surface area contributed by atoms with Crippen molar-refractivity contribution < 1.29 is 87.1 Å². The molecule has 3 heterocycles. The van der Waals surface area contributed by atoms with E-state index in [-0.39, 0.29) is 5.82 Å². The molecular weight excluding hydrogens is 662 g/mol. The van der Waals surface area contributed by atoms with Crippen molar-refractivity contribution in [3.05, 3.63) is 22.7 Å². The molecule has 1 amide bonds. The van der Waals surface area contributed by atoms with E-state index < -0.39 is 114 Å². The van der Waals surface area contributed by atoms with Crippen LogP contribution in [-0.2, 0) is 41.6 Å². The Hall–Kier alpha value is -2.44. The van der Waals surface area contributed by atoms with Crippen molar-refractivity contribution in [2.24, 2.45) is 0 Å². The van der Waals surface area contributed by atoms with E-state index >= 15 is 0 Å². The number of carbonyl (C=O) groups is 2. The molecule has 2 unspecified atom stereocenters. The van der Waals surface area contributed by atoms with Crippen molar-refractivity contribution in [1.29, 1.82) is 0 Å². The predicted molar refractivity (Wildman–Crippen MR) is 139 cm³/mol. The van der Waals surface area contributed by atoms with Crippen LogP contribution in [0.2, 0.25) is 0 Å². The van der Waals surface area contributed by atoms with Gasteiger partial charge >= 0.3 is 27.3 Å². The minimum absolute atomic E-state index is 0.169. The van der Waals surface area contributed by atoms with Gasteiger partial charge in [0.05, 0.1) is 25.4 Å². The van der Waals surface area contributed by atoms with Gasteiger partial charge in [-0.3, -0.25) is 13.9 Å². The van der Waals surface area contributed by atoms with Crippen LogP contribution in [0.3, 0.4) is 0 Å². The van der Waals surface area contributed by atoms with Crippen LogP contribution in [0.15, 0.2) is 17.1 Å². The minimum atomic E-state index is -6.08. The normalized spacial score (nSPS) is 34.3. The van der Waals surface area contributed by atoms with E-state index in [9.17, 15) is 69.0 Å². The lowest BCUT2D eigenvalue weighted by atomic mass is 9.88. The van der Waals surface area contributed by atoms with Crippen molar-refractivity contribution >= 4 is 33.3 Å². The maximum Gasteiger partial charge on any atom is 0.484 e. The number of phosphoric acid groups is 2. The van der Waals surface area contributed by atoms with Gasteiger partial charge in [0.2, 0.25) is 5.91 Å². The predicted octanol–water partition coefficient (Wildman–Crippen LogP) is -5.16. The number of nitrogens with one attached hydrogen (secondary N) is 1. The number of nitrogens with zero attached hydrogens (tertiary/aromatic N) is 2. The van der Waals surface area contributed by atoms with Gasteiger partial charge in [0.15, 0.2) is 6.23 Å². The number of hydrogen-bond donors (Lipinski definition) is 11. The zero-order valence-electron chi connectivity index (χ0n) is 22.9. The van der Waals surface area contributed by atoms with E-state index in [2.05, 4.69) is 23.7 Å². The third-order valence-corrected chi connectivity index (χ3v) is 9.17. The van der Waals surface area contributed by atoms with Crippen LogP contribution in [0.5, 0.6) is 0 Å². The highest BCUT2D eigenvalue weighted by molar-refractivity contribution is 7.61. The molecule has 0 bridgehead atoms. The number of rotatable bonds is 13. The number of nitrogen functional groups attached to an aromatic ring is 1. The molecule has 2 fully saturated rings. The average molecular weight is 694 g/mol. The highest BCUT2D eigenvalue weighted by Gasteiger charge is 2.59. The topological polar surface area (TPSA) is 369 Å². The van der Waals surface area contributed by atoms with Crippen molar-refractivity contribution in [2.45, 2.75) is 74.1 Å². The molecule has 0 aliphatic carbocycles. The number of aliphatic hydroxyl groups excluding tert-OH is 6. The minimum Gasteiger partial charge on any atom is -0.477 e. The highest BCUT2D eigenvalue weighted by atomic mass is 31.3. The molecule has 23 nitrogen and oxygen atoms in total. The molecule has 1 aromatic rings. The number of hydrogen-bond acceptors (Lipinski definition) is 18. The lowest BCUT2D eigenvalue weighted by Crippen LogP contribution is -2.67. The molecule has 12 atom stereocenters. The van der Waals surface area contributed by atoms with Gasteiger partial charge in [-0.1, -0.05) is 0 Å². The Bertz CT molecular complexity index is 1400. The fourth-order valence-electron chi connectivity index (χ4n) is 4.46. The summed E-state index contributed by atoms with van der Waals surface area (Å²) in [5.41, 5.74) is 4.40. The van der Waals surface area contributed by atoms with Crippen molar-refractivity contribution in [3.63, 3.8) is 0 Å². The molecule has 2 saturated heterocycles. The van der Waals surface area contributed by atoms with Gasteiger partial charge in [-0.15, -0.1) is 0 Å². The maximum absolute atomic E-state index is 12.7. The lowest BCUT2D eigenvalue weighted by molar-refractivity contribution is -0.288. The number of ether oxygens (including phenoxy) is 2. The molecular formula is C20H32N4O19P2. The van der Waals surface area contributed by atoms with E-state index in [1.54, 1.807) is 0 Å².